The first-order chi connectivity index (χ1) is 23.5. The van der Waals surface area contributed by atoms with Crippen molar-refractivity contribution in [1.29, 1.82) is 0 Å². The number of likely N-dealkylation sites (N-methyl/N-ethyl adjacent to an activating group) is 1. The van der Waals surface area contributed by atoms with E-state index in [4.69, 9.17) is 4.74 Å². The number of aromatic amines is 1. The molecule has 0 spiro atoms. The van der Waals surface area contributed by atoms with Gasteiger partial charge >= 0.3 is 6.03 Å². The van der Waals surface area contributed by atoms with Crippen LogP contribution in [-0.2, 0) is 17.7 Å². The number of nitrogens with one attached hydrogen (secondary N) is 1. The Morgan fingerprint density at radius 2 is 1.71 bits per heavy atom. The predicted octanol–water partition coefficient (Wildman–Crippen LogP) is 6.62. The van der Waals surface area contributed by atoms with E-state index in [1.165, 1.54) is 11.1 Å². The summed E-state index contributed by atoms with van der Waals surface area (Å²) >= 11 is 0. The van der Waals surface area contributed by atoms with E-state index in [0.717, 1.165) is 72.9 Å². The van der Waals surface area contributed by atoms with Crippen molar-refractivity contribution in [1.82, 2.24) is 29.2 Å². The number of carbonyl (C=O) groups excluding carboxylic acids is 2. The molecule has 0 radical (unpaired) electrons. The summed E-state index contributed by atoms with van der Waals surface area (Å²) in [4.78, 5) is 41.0. The van der Waals surface area contributed by atoms with E-state index in [-0.39, 0.29) is 18.0 Å². The van der Waals surface area contributed by atoms with Crippen molar-refractivity contribution >= 4 is 22.7 Å². The highest BCUT2D eigenvalue weighted by atomic mass is 16.5. The van der Waals surface area contributed by atoms with Crippen molar-refractivity contribution in [2.75, 3.05) is 46.9 Å². The van der Waals surface area contributed by atoms with Crippen LogP contribution in [0, 0.1) is 5.92 Å². The molecule has 0 saturated carbocycles. The lowest BCUT2D eigenvalue weighted by Gasteiger charge is -2.38. The van der Waals surface area contributed by atoms with Crippen LogP contribution in [0.3, 0.4) is 0 Å². The van der Waals surface area contributed by atoms with Gasteiger partial charge in [-0.2, -0.15) is 0 Å². The minimum Gasteiger partial charge on any atom is -0.383 e. The Hall–Kier alpha value is -4.89. The Morgan fingerprint density at radius 1 is 0.938 bits per heavy atom. The number of imidazole rings is 1. The maximum atomic E-state index is 14.0. The van der Waals surface area contributed by atoms with Crippen LogP contribution in [0.4, 0.5) is 4.79 Å². The number of amides is 3. The van der Waals surface area contributed by atoms with Gasteiger partial charge in [-0.15, -0.1) is 0 Å². The Kier molecular flexibility index (Phi) is 9.29. The minimum absolute atomic E-state index is 0.0377. The Labute approximate surface area is 282 Å². The third-order valence-corrected chi connectivity index (χ3v) is 10.2. The molecular formula is C39H44N6O3. The van der Waals surface area contributed by atoms with Crippen LogP contribution in [0.15, 0.2) is 91.6 Å². The second kappa shape index (κ2) is 14.1. The fourth-order valence-corrected chi connectivity index (χ4v) is 7.43. The maximum absolute atomic E-state index is 14.0. The summed E-state index contributed by atoms with van der Waals surface area (Å²) in [5.74, 6) is 0.376. The average molecular weight is 645 g/mol. The zero-order valence-electron chi connectivity index (χ0n) is 27.8. The van der Waals surface area contributed by atoms with E-state index in [1.54, 1.807) is 18.3 Å². The third kappa shape index (κ3) is 6.47. The van der Waals surface area contributed by atoms with E-state index in [0.29, 0.717) is 31.2 Å². The number of urea groups is 1. The monoisotopic (exact) mass is 644 g/mol. The second-order valence-electron chi connectivity index (χ2n) is 13.2. The largest absolute Gasteiger partial charge is 0.383 e. The van der Waals surface area contributed by atoms with E-state index in [1.807, 2.05) is 41.4 Å². The molecule has 0 bridgehead atoms. The number of likely N-dealkylation sites (tertiary alicyclic amines) is 1. The molecule has 2 aliphatic heterocycles. The van der Waals surface area contributed by atoms with Crippen molar-refractivity contribution in [2.24, 2.45) is 5.92 Å². The molecule has 1 unspecified atom stereocenters. The number of nitrogens with zero attached hydrogens (tertiary/aromatic N) is 5. The Morgan fingerprint density at radius 3 is 2.50 bits per heavy atom. The highest BCUT2D eigenvalue weighted by Gasteiger charge is 2.31. The van der Waals surface area contributed by atoms with Gasteiger partial charge in [0.25, 0.3) is 5.91 Å². The average Bonchev–Trinajstić information content (AvgIpc) is 3.83. The second-order valence-corrected chi connectivity index (χ2v) is 13.2. The number of piperidine rings is 1. The highest BCUT2D eigenvalue weighted by Crippen LogP contribution is 2.37. The normalized spacial score (nSPS) is 15.8. The number of hydrogen-bond acceptors (Lipinski definition) is 4. The van der Waals surface area contributed by atoms with Gasteiger partial charge in [-0.1, -0.05) is 66.7 Å². The molecule has 5 aromatic rings. The lowest BCUT2D eigenvalue weighted by atomic mass is 9.89. The highest BCUT2D eigenvalue weighted by molar-refractivity contribution is 6.06. The van der Waals surface area contributed by atoms with Crippen molar-refractivity contribution in [2.45, 2.75) is 38.3 Å². The molecule has 9 heteroatoms. The molecule has 1 atom stereocenters. The molecular weight excluding hydrogens is 600 g/mol. The molecule has 2 aromatic heterocycles. The van der Waals surface area contributed by atoms with E-state index < -0.39 is 0 Å². The topological polar surface area (TPSA) is 86.7 Å². The fraction of sp³-hybridized carbons (Fsp3) is 0.359. The third-order valence-electron chi connectivity index (χ3n) is 10.2. The SMILES string of the molecule is COCCN(C)C(=O)c1cn(C(CC2CCN(C(=O)N3CCc4ccccc4C3)CC2)c2cnc[nH]2)cc1-c1cccc2ccccc12. The van der Waals surface area contributed by atoms with Gasteiger partial charge in [0.2, 0.25) is 0 Å². The summed E-state index contributed by atoms with van der Waals surface area (Å²) in [6.45, 7) is 3.92. The number of H-pyrrole nitrogens is 1. The molecule has 4 heterocycles. The van der Waals surface area contributed by atoms with Crippen LogP contribution in [0.1, 0.15) is 52.5 Å². The fourth-order valence-electron chi connectivity index (χ4n) is 7.43. The summed E-state index contributed by atoms with van der Waals surface area (Å²) in [6, 6.07) is 23.1. The zero-order valence-corrected chi connectivity index (χ0v) is 27.8. The first-order valence-electron chi connectivity index (χ1n) is 17.0. The molecule has 1 fully saturated rings. The number of fused-ring (bicyclic) bond motifs is 2. The quantitative estimate of drug-likeness (QED) is 0.196. The van der Waals surface area contributed by atoms with Gasteiger partial charge in [0.1, 0.15) is 0 Å². The first-order valence-corrected chi connectivity index (χ1v) is 17.0. The molecule has 1 saturated heterocycles. The van der Waals surface area contributed by atoms with Gasteiger partial charge in [-0.05, 0) is 59.1 Å². The van der Waals surface area contributed by atoms with Gasteiger partial charge in [-0.3, -0.25) is 4.79 Å². The van der Waals surface area contributed by atoms with Crippen LogP contribution in [0.2, 0.25) is 0 Å². The smallest absolute Gasteiger partial charge is 0.320 e. The van der Waals surface area contributed by atoms with Gasteiger partial charge in [-0.25, -0.2) is 9.78 Å². The van der Waals surface area contributed by atoms with Gasteiger partial charge in [0, 0.05) is 64.8 Å². The maximum Gasteiger partial charge on any atom is 0.320 e. The van der Waals surface area contributed by atoms with E-state index in [9.17, 15) is 9.59 Å². The predicted molar refractivity (Wildman–Crippen MR) is 188 cm³/mol. The number of methoxy groups -OCH3 is 1. The lowest BCUT2D eigenvalue weighted by molar-refractivity contribution is 0.0745. The molecule has 7 rings (SSSR count). The number of ether oxygens (including phenoxy) is 1. The van der Waals surface area contributed by atoms with E-state index >= 15 is 0 Å². The Bertz CT molecular complexity index is 1870. The van der Waals surface area contributed by atoms with Crippen molar-refractivity contribution in [3.8, 4) is 11.1 Å². The molecule has 248 valence electrons. The van der Waals surface area contributed by atoms with Crippen LogP contribution in [0.25, 0.3) is 21.9 Å². The van der Waals surface area contributed by atoms with E-state index in [2.05, 4.69) is 75.3 Å². The summed E-state index contributed by atoms with van der Waals surface area (Å²) < 4.78 is 7.48. The number of rotatable bonds is 9. The molecule has 48 heavy (non-hydrogen) atoms. The molecule has 9 nitrogen and oxygen atoms in total. The van der Waals surface area contributed by atoms with Crippen LogP contribution >= 0.6 is 0 Å². The van der Waals surface area contributed by atoms with Gasteiger partial charge in [0.05, 0.1) is 36.4 Å². The van der Waals surface area contributed by atoms with Crippen molar-refractivity contribution in [3.63, 3.8) is 0 Å². The number of benzene rings is 3. The van der Waals surface area contributed by atoms with Gasteiger partial charge < -0.3 is 29.0 Å². The number of carbonyl (C=O) groups is 2. The van der Waals surface area contributed by atoms with Crippen molar-refractivity contribution < 1.29 is 14.3 Å². The van der Waals surface area contributed by atoms with Crippen LogP contribution in [0.5, 0.6) is 0 Å². The molecule has 0 aliphatic carbocycles. The summed E-state index contributed by atoms with van der Waals surface area (Å²) in [6.07, 6.45) is 11.4. The van der Waals surface area contributed by atoms with Crippen LogP contribution < -0.4 is 0 Å². The molecule has 3 aromatic carbocycles. The molecule has 2 aliphatic rings. The van der Waals surface area contributed by atoms with Crippen LogP contribution in [-0.4, -0.2) is 88.1 Å². The summed E-state index contributed by atoms with van der Waals surface area (Å²) in [5, 5.41) is 2.24. The molecule has 3 amide bonds. The Balaban J connectivity index is 1.13. The van der Waals surface area contributed by atoms with Crippen molar-refractivity contribution in [3.05, 3.63) is 114 Å². The summed E-state index contributed by atoms with van der Waals surface area (Å²) in [5.41, 5.74) is 6.22. The number of aromatic nitrogens is 3. The first kappa shape index (κ1) is 31.7. The van der Waals surface area contributed by atoms with Gasteiger partial charge in [0.15, 0.2) is 0 Å². The number of hydrogen-bond donors (Lipinski definition) is 1. The molecule has 1 N–H and O–H groups in total. The summed E-state index contributed by atoms with van der Waals surface area (Å²) in [7, 11) is 3.48. The zero-order chi connectivity index (χ0) is 33.0. The standard InChI is InChI=1S/C39H44N6O3/c1-42(20-21-48-2)38(46)35-26-45(25-34(35)33-13-7-11-30-9-5-6-12-32(30)33)37(36-23-40-27-41-36)22-28-14-17-43(18-15-28)39(47)44-19-16-29-8-3-4-10-31(29)24-44/h3-13,23,25-28,37H,14-22,24H2,1-2H3,(H,40,41). The lowest BCUT2D eigenvalue weighted by Crippen LogP contribution is -2.48. The minimum atomic E-state index is -0.0436.